The van der Waals surface area contributed by atoms with Crippen LogP contribution in [0.5, 0.6) is 0 Å². The number of aromatic nitrogens is 3. The zero-order chi connectivity index (χ0) is 11.7. The van der Waals surface area contributed by atoms with Crippen LogP contribution in [0.25, 0.3) is 5.69 Å². The summed E-state index contributed by atoms with van der Waals surface area (Å²) in [6, 6.07) is 0. The first kappa shape index (κ1) is 10.2. The van der Waals surface area contributed by atoms with Gasteiger partial charge in [-0.2, -0.15) is 0 Å². The van der Waals surface area contributed by atoms with Gasteiger partial charge < -0.3 is 15.0 Å². The normalized spacial score (nSPS) is 10.4. The number of ether oxygens (including phenoxy) is 1. The van der Waals surface area contributed by atoms with Crippen LogP contribution >= 0.6 is 0 Å². The summed E-state index contributed by atoms with van der Waals surface area (Å²) in [5.74, 6) is 0.185. The van der Waals surface area contributed by atoms with Crippen LogP contribution < -0.4 is 5.73 Å². The second-order valence-corrected chi connectivity index (χ2v) is 3.10. The lowest BCUT2D eigenvalue weighted by molar-refractivity contribution is 0.0596. The van der Waals surface area contributed by atoms with Crippen molar-refractivity contribution in [3.63, 3.8) is 0 Å². The minimum absolute atomic E-state index is 0.0844. The van der Waals surface area contributed by atoms with Crippen LogP contribution in [0.1, 0.15) is 16.3 Å². The Balaban J connectivity index is 2.56. The number of carbonyl (C=O) groups excluding carboxylic acids is 1. The van der Waals surface area contributed by atoms with Crippen molar-refractivity contribution in [3.05, 3.63) is 24.0 Å². The maximum absolute atomic E-state index is 11.4. The highest BCUT2D eigenvalue weighted by molar-refractivity contribution is 5.92. The Kier molecular flexibility index (Phi) is 2.35. The first-order valence-electron chi connectivity index (χ1n) is 4.48. The molecular formula is C9H10N4O3. The molecule has 2 aromatic heterocycles. The number of aryl methyl sites for hydroxylation is 1. The minimum Gasteiger partial charge on any atom is -0.464 e. The van der Waals surface area contributed by atoms with Gasteiger partial charge in [-0.1, -0.05) is 5.16 Å². The summed E-state index contributed by atoms with van der Waals surface area (Å²) in [5.41, 5.74) is 6.50. The Labute approximate surface area is 90.8 Å². The van der Waals surface area contributed by atoms with E-state index in [1.54, 1.807) is 11.5 Å². The molecule has 0 saturated carbocycles. The number of hydrogen-bond donors (Lipinski definition) is 1. The molecule has 0 aliphatic rings. The molecule has 2 N–H and O–H groups in total. The molecule has 0 spiro atoms. The lowest BCUT2D eigenvalue weighted by Gasteiger charge is -2.02. The molecule has 0 fully saturated rings. The monoisotopic (exact) mass is 222 g/mol. The zero-order valence-electron chi connectivity index (χ0n) is 8.80. The second-order valence-electron chi connectivity index (χ2n) is 3.10. The van der Waals surface area contributed by atoms with Crippen LogP contribution in [0.15, 0.2) is 17.0 Å². The molecule has 0 unspecified atom stereocenters. The van der Waals surface area contributed by atoms with Crippen molar-refractivity contribution in [1.29, 1.82) is 0 Å². The van der Waals surface area contributed by atoms with Gasteiger partial charge in [0.1, 0.15) is 23.6 Å². The predicted molar refractivity (Wildman–Crippen MR) is 54.1 cm³/mol. The Bertz CT molecular complexity index is 515. The number of imidazole rings is 1. The van der Waals surface area contributed by atoms with E-state index in [4.69, 9.17) is 10.3 Å². The summed E-state index contributed by atoms with van der Waals surface area (Å²) < 4.78 is 10.8. The van der Waals surface area contributed by atoms with Gasteiger partial charge in [0.2, 0.25) is 0 Å². The fourth-order valence-electron chi connectivity index (χ4n) is 1.43. The van der Waals surface area contributed by atoms with E-state index in [-0.39, 0.29) is 11.5 Å². The van der Waals surface area contributed by atoms with Crippen molar-refractivity contribution in [1.82, 2.24) is 14.7 Å². The first-order chi connectivity index (χ1) is 7.65. The minimum atomic E-state index is -0.573. The Morgan fingerprint density at radius 3 is 2.94 bits per heavy atom. The van der Waals surface area contributed by atoms with Gasteiger partial charge >= 0.3 is 5.97 Å². The van der Waals surface area contributed by atoms with E-state index in [1.165, 1.54) is 19.6 Å². The summed E-state index contributed by atoms with van der Waals surface area (Å²) in [4.78, 5) is 15.4. The predicted octanol–water partition coefficient (Wildman–Crippen LogP) is 0.538. The number of nitrogens with two attached hydrogens (primary N) is 1. The molecule has 0 bridgehead atoms. The third-order valence-electron chi connectivity index (χ3n) is 2.14. The lowest BCUT2D eigenvalue weighted by atomic mass is 10.4. The van der Waals surface area contributed by atoms with Gasteiger partial charge in [-0.25, -0.2) is 9.78 Å². The molecule has 2 aromatic rings. The molecule has 0 aliphatic carbocycles. The van der Waals surface area contributed by atoms with Crippen LogP contribution in [0.4, 0.5) is 5.82 Å². The molecule has 16 heavy (non-hydrogen) atoms. The number of methoxy groups -OCH3 is 1. The maximum atomic E-state index is 11.4. The SMILES string of the molecule is COC(=O)c1nc(C)n(-c2cnoc2)c1N. The third kappa shape index (κ3) is 1.42. The number of rotatable bonds is 2. The molecule has 0 aromatic carbocycles. The van der Waals surface area contributed by atoms with E-state index in [2.05, 4.69) is 14.9 Å². The van der Waals surface area contributed by atoms with Crippen LogP contribution in [0.2, 0.25) is 0 Å². The highest BCUT2D eigenvalue weighted by Gasteiger charge is 2.20. The summed E-state index contributed by atoms with van der Waals surface area (Å²) in [6.07, 6.45) is 2.89. The quantitative estimate of drug-likeness (QED) is 0.745. The van der Waals surface area contributed by atoms with Crippen LogP contribution in [0.3, 0.4) is 0 Å². The molecule has 2 heterocycles. The molecule has 0 radical (unpaired) electrons. The Morgan fingerprint density at radius 1 is 1.62 bits per heavy atom. The van der Waals surface area contributed by atoms with Gasteiger partial charge in [-0.05, 0) is 6.92 Å². The van der Waals surface area contributed by atoms with Crippen LogP contribution in [0, 0.1) is 6.92 Å². The third-order valence-corrected chi connectivity index (χ3v) is 2.14. The number of nitrogens with zero attached hydrogens (tertiary/aromatic N) is 3. The number of anilines is 1. The van der Waals surface area contributed by atoms with E-state index < -0.39 is 5.97 Å². The fraction of sp³-hybridized carbons (Fsp3) is 0.222. The van der Waals surface area contributed by atoms with Crippen molar-refractivity contribution >= 4 is 11.8 Å². The average Bonchev–Trinajstić information content (AvgIpc) is 2.86. The van der Waals surface area contributed by atoms with Gasteiger partial charge in [0, 0.05) is 0 Å². The van der Waals surface area contributed by atoms with Gasteiger partial charge in [0.15, 0.2) is 5.69 Å². The van der Waals surface area contributed by atoms with Gasteiger partial charge in [-0.3, -0.25) is 4.57 Å². The molecule has 0 atom stereocenters. The smallest absolute Gasteiger partial charge is 0.360 e. The van der Waals surface area contributed by atoms with Crippen molar-refractivity contribution in [2.24, 2.45) is 0 Å². The number of hydrogen-bond acceptors (Lipinski definition) is 6. The summed E-state index contributed by atoms with van der Waals surface area (Å²) in [7, 11) is 1.27. The largest absolute Gasteiger partial charge is 0.464 e. The van der Waals surface area contributed by atoms with E-state index in [1.807, 2.05) is 0 Å². The van der Waals surface area contributed by atoms with Crippen molar-refractivity contribution in [2.45, 2.75) is 6.92 Å². The molecule has 7 heteroatoms. The molecule has 0 saturated heterocycles. The molecular weight excluding hydrogens is 212 g/mol. The van der Waals surface area contributed by atoms with Crippen molar-refractivity contribution in [2.75, 3.05) is 12.8 Å². The van der Waals surface area contributed by atoms with E-state index >= 15 is 0 Å². The zero-order valence-corrected chi connectivity index (χ0v) is 8.80. The van der Waals surface area contributed by atoms with Gasteiger partial charge in [-0.15, -0.1) is 0 Å². The molecule has 0 aliphatic heterocycles. The van der Waals surface area contributed by atoms with E-state index in [0.29, 0.717) is 11.5 Å². The molecule has 2 rings (SSSR count). The standard InChI is InChI=1S/C9H10N4O3/c1-5-12-7(9(14)15-2)8(10)13(5)6-3-11-16-4-6/h3-4H,10H2,1-2H3. The Morgan fingerprint density at radius 2 is 2.38 bits per heavy atom. The molecule has 84 valence electrons. The summed E-state index contributed by atoms with van der Waals surface area (Å²) in [5, 5.41) is 3.56. The van der Waals surface area contributed by atoms with Crippen molar-refractivity contribution in [3.8, 4) is 5.69 Å². The average molecular weight is 222 g/mol. The Hall–Kier alpha value is -2.31. The molecule has 0 amide bonds. The van der Waals surface area contributed by atoms with Crippen LogP contribution in [-0.2, 0) is 4.74 Å². The topological polar surface area (TPSA) is 96.2 Å². The van der Waals surface area contributed by atoms with Crippen LogP contribution in [-0.4, -0.2) is 27.8 Å². The number of esters is 1. The summed E-state index contributed by atoms with van der Waals surface area (Å²) in [6.45, 7) is 1.72. The van der Waals surface area contributed by atoms with E-state index in [9.17, 15) is 4.79 Å². The number of carbonyl (C=O) groups is 1. The van der Waals surface area contributed by atoms with E-state index in [0.717, 1.165) is 0 Å². The maximum Gasteiger partial charge on any atom is 0.360 e. The lowest BCUT2D eigenvalue weighted by Crippen LogP contribution is -2.07. The highest BCUT2D eigenvalue weighted by Crippen LogP contribution is 2.20. The van der Waals surface area contributed by atoms with Gasteiger partial charge in [0.05, 0.1) is 13.3 Å². The second kappa shape index (κ2) is 3.69. The first-order valence-corrected chi connectivity index (χ1v) is 4.48. The van der Waals surface area contributed by atoms with Crippen molar-refractivity contribution < 1.29 is 14.1 Å². The highest BCUT2D eigenvalue weighted by atomic mass is 16.5. The summed E-state index contributed by atoms with van der Waals surface area (Å²) >= 11 is 0. The fourth-order valence-corrected chi connectivity index (χ4v) is 1.43. The molecule has 7 nitrogen and oxygen atoms in total. The number of nitrogen functional groups attached to an aromatic ring is 1. The van der Waals surface area contributed by atoms with Gasteiger partial charge in [0.25, 0.3) is 0 Å².